The molecule has 130 valence electrons. The van der Waals surface area contributed by atoms with Gasteiger partial charge in [0.05, 0.1) is 29.0 Å². The molecule has 0 saturated carbocycles. The summed E-state index contributed by atoms with van der Waals surface area (Å²) in [5, 5.41) is 13.8. The second-order valence-corrected chi connectivity index (χ2v) is 5.96. The van der Waals surface area contributed by atoms with E-state index in [1.807, 2.05) is 6.07 Å². The number of nitrogens with one attached hydrogen (secondary N) is 1. The number of nitriles is 1. The second kappa shape index (κ2) is 7.37. The lowest BCUT2D eigenvalue weighted by molar-refractivity contribution is 0.103. The first-order chi connectivity index (χ1) is 12.6. The molecule has 26 heavy (non-hydrogen) atoms. The molecule has 1 aromatic heterocycles. The van der Waals surface area contributed by atoms with Gasteiger partial charge < -0.3 is 10.1 Å². The number of carbonyl (C=O) groups is 1. The first kappa shape index (κ1) is 17.6. The number of thioether (sulfide) groups is 1. The molecule has 0 radical (unpaired) electrons. The predicted molar refractivity (Wildman–Crippen MR) is 92.8 cm³/mol. The SMILES string of the molecule is COc1ncccc1C(=O)C(C#N)=C1NC(c2c(F)cccc2F)=CS1. The Morgan fingerprint density at radius 1 is 1.27 bits per heavy atom. The fraction of sp³-hybridized carbons (Fsp3) is 0.0556. The summed E-state index contributed by atoms with van der Waals surface area (Å²) in [5.41, 5.74) is -0.200. The van der Waals surface area contributed by atoms with Crippen LogP contribution in [0.1, 0.15) is 15.9 Å². The van der Waals surface area contributed by atoms with Crippen molar-refractivity contribution in [3.63, 3.8) is 0 Å². The summed E-state index contributed by atoms with van der Waals surface area (Å²) < 4.78 is 32.9. The zero-order valence-corrected chi connectivity index (χ0v) is 14.2. The van der Waals surface area contributed by atoms with Gasteiger partial charge in [-0.15, -0.1) is 0 Å². The molecule has 1 N–H and O–H groups in total. The highest BCUT2D eigenvalue weighted by molar-refractivity contribution is 8.06. The van der Waals surface area contributed by atoms with E-state index < -0.39 is 17.4 Å². The van der Waals surface area contributed by atoms with Crippen LogP contribution < -0.4 is 10.1 Å². The zero-order valence-electron chi connectivity index (χ0n) is 13.4. The van der Waals surface area contributed by atoms with E-state index in [-0.39, 0.29) is 33.3 Å². The number of hydrogen-bond acceptors (Lipinski definition) is 6. The van der Waals surface area contributed by atoms with Crippen molar-refractivity contribution in [2.24, 2.45) is 0 Å². The molecule has 8 heteroatoms. The van der Waals surface area contributed by atoms with Crippen molar-refractivity contribution in [1.29, 1.82) is 5.26 Å². The van der Waals surface area contributed by atoms with Crippen molar-refractivity contribution in [2.45, 2.75) is 0 Å². The van der Waals surface area contributed by atoms with E-state index in [1.54, 1.807) is 6.07 Å². The molecule has 0 fully saturated rings. The Hall–Kier alpha value is -3.18. The summed E-state index contributed by atoms with van der Waals surface area (Å²) in [6.07, 6.45) is 1.46. The topological polar surface area (TPSA) is 75.0 Å². The maximum atomic E-state index is 13.9. The quantitative estimate of drug-likeness (QED) is 0.503. The van der Waals surface area contributed by atoms with Crippen LogP contribution in [0, 0.1) is 23.0 Å². The molecular formula is C18H11F2N3O2S. The number of hydrogen-bond donors (Lipinski definition) is 1. The Morgan fingerprint density at radius 2 is 2.00 bits per heavy atom. The third-order valence-corrected chi connectivity index (χ3v) is 4.45. The summed E-state index contributed by atoms with van der Waals surface area (Å²) >= 11 is 1.00. The van der Waals surface area contributed by atoms with Crippen LogP contribution in [-0.2, 0) is 0 Å². The molecule has 1 aliphatic heterocycles. The van der Waals surface area contributed by atoms with Gasteiger partial charge in [-0.1, -0.05) is 17.8 Å². The number of allylic oxidation sites excluding steroid dienone is 1. The molecule has 1 aromatic carbocycles. The van der Waals surface area contributed by atoms with Gasteiger partial charge in [0.2, 0.25) is 11.7 Å². The van der Waals surface area contributed by atoms with E-state index in [9.17, 15) is 18.8 Å². The number of pyridine rings is 1. The number of carbonyl (C=O) groups excluding carboxylic acids is 1. The molecule has 0 aliphatic carbocycles. The monoisotopic (exact) mass is 371 g/mol. The van der Waals surface area contributed by atoms with Crippen LogP contribution in [0.4, 0.5) is 8.78 Å². The van der Waals surface area contributed by atoms with Crippen molar-refractivity contribution >= 4 is 23.2 Å². The predicted octanol–water partition coefficient (Wildman–Crippen LogP) is 3.62. The van der Waals surface area contributed by atoms with Crippen LogP contribution >= 0.6 is 11.8 Å². The van der Waals surface area contributed by atoms with E-state index in [0.29, 0.717) is 0 Å². The van der Waals surface area contributed by atoms with Gasteiger partial charge in [-0.05, 0) is 24.3 Å². The maximum Gasteiger partial charge on any atom is 0.224 e. The van der Waals surface area contributed by atoms with Crippen LogP contribution in [0.3, 0.4) is 0 Å². The van der Waals surface area contributed by atoms with Gasteiger partial charge >= 0.3 is 0 Å². The molecule has 0 unspecified atom stereocenters. The Kier molecular flexibility index (Phi) is 5.00. The number of halogens is 2. The van der Waals surface area contributed by atoms with E-state index >= 15 is 0 Å². The lowest BCUT2D eigenvalue weighted by Gasteiger charge is -2.10. The molecular weight excluding hydrogens is 360 g/mol. The third-order valence-electron chi connectivity index (χ3n) is 3.55. The number of methoxy groups -OCH3 is 1. The maximum absolute atomic E-state index is 13.9. The van der Waals surface area contributed by atoms with E-state index in [0.717, 1.165) is 23.9 Å². The molecule has 0 saturated heterocycles. The minimum Gasteiger partial charge on any atom is -0.480 e. The van der Waals surface area contributed by atoms with Crippen molar-refractivity contribution < 1.29 is 18.3 Å². The molecule has 0 bridgehead atoms. The standard InChI is InChI=1S/C18H11F2N3O2S/c1-25-17-10(4-3-7-22-17)16(24)11(8-21)18-23-14(9-26-18)15-12(19)5-2-6-13(15)20/h2-7,9,23H,1H3. The van der Waals surface area contributed by atoms with Crippen LogP contribution in [0.25, 0.3) is 5.70 Å². The lowest BCUT2D eigenvalue weighted by Crippen LogP contribution is -2.14. The van der Waals surface area contributed by atoms with E-state index in [2.05, 4.69) is 10.3 Å². The van der Waals surface area contributed by atoms with Crippen LogP contribution in [-0.4, -0.2) is 17.9 Å². The summed E-state index contributed by atoms with van der Waals surface area (Å²) in [5.74, 6) is -2.01. The minimum atomic E-state index is -0.746. The Balaban J connectivity index is 1.96. The molecule has 0 amide bonds. The van der Waals surface area contributed by atoms with Crippen LogP contribution in [0.5, 0.6) is 5.88 Å². The van der Waals surface area contributed by atoms with E-state index in [4.69, 9.17) is 4.74 Å². The first-order valence-corrected chi connectivity index (χ1v) is 8.21. The van der Waals surface area contributed by atoms with Crippen LogP contribution in [0.15, 0.2) is 52.5 Å². The van der Waals surface area contributed by atoms with Gasteiger partial charge in [-0.3, -0.25) is 4.79 Å². The summed E-state index contributed by atoms with van der Waals surface area (Å²) in [7, 11) is 1.36. The molecule has 2 aromatic rings. The van der Waals surface area contributed by atoms with Gasteiger partial charge in [0, 0.05) is 11.6 Å². The van der Waals surface area contributed by atoms with Gasteiger partial charge in [0.15, 0.2) is 0 Å². The number of rotatable bonds is 4. The van der Waals surface area contributed by atoms with Crippen molar-refractivity contribution in [3.05, 3.63) is 75.3 Å². The average Bonchev–Trinajstić information content (AvgIpc) is 3.11. The number of ketones is 1. The average molecular weight is 371 g/mol. The molecule has 0 atom stereocenters. The fourth-order valence-corrected chi connectivity index (χ4v) is 3.20. The molecule has 2 heterocycles. The van der Waals surface area contributed by atoms with Crippen molar-refractivity contribution in [3.8, 4) is 11.9 Å². The third kappa shape index (κ3) is 3.17. The number of aromatic nitrogens is 1. The van der Waals surface area contributed by atoms with Gasteiger partial charge in [0.25, 0.3) is 0 Å². The highest BCUT2D eigenvalue weighted by atomic mass is 32.2. The van der Waals surface area contributed by atoms with Crippen molar-refractivity contribution in [1.82, 2.24) is 10.3 Å². The number of benzene rings is 1. The number of ether oxygens (including phenoxy) is 1. The van der Waals surface area contributed by atoms with Gasteiger partial charge in [0.1, 0.15) is 23.3 Å². The molecule has 3 rings (SSSR count). The van der Waals surface area contributed by atoms with Gasteiger partial charge in [-0.2, -0.15) is 5.26 Å². The Bertz CT molecular complexity index is 976. The number of nitrogens with zero attached hydrogens (tertiary/aromatic N) is 2. The van der Waals surface area contributed by atoms with Crippen LogP contribution in [0.2, 0.25) is 0 Å². The lowest BCUT2D eigenvalue weighted by atomic mass is 10.1. The Labute approximate surface area is 152 Å². The molecule has 5 nitrogen and oxygen atoms in total. The zero-order chi connectivity index (χ0) is 18.7. The first-order valence-electron chi connectivity index (χ1n) is 7.33. The Morgan fingerprint density at radius 3 is 2.65 bits per heavy atom. The molecule has 0 spiro atoms. The highest BCUT2D eigenvalue weighted by Crippen LogP contribution is 2.35. The molecule has 1 aliphatic rings. The smallest absolute Gasteiger partial charge is 0.224 e. The van der Waals surface area contributed by atoms with Crippen molar-refractivity contribution in [2.75, 3.05) is 7.11 Å². The summed E-state index contributed by atoms with van der Waals surface area (Å²) in [6, 6.07) is 8.38. The minimum absolute atomic E-state index is 0.0853. The van der Waals surface area contributed by atoms with Gasteiger partial charge in [-0.25, -0.2) is 13.8 Å². The summed E-state index contributed by atoms with van der Waals surface area (Å²) in [4.78, 5) is 16.6. The largest absolute Gasteiger partial charge is 0.480 e. The summed E-state index contributed by atoms with van der Waals surface area (Å²) in [6.45, 7) is 0. The highest BCUT2D eigenvalue weighted by Gasteiger charge is 2.26. The van der Waals surface area contributed by atoms with E-state index in [1.165, 1.54) is 30.8 Å². The normalized spacial score (nSPS) is 14.9. The fourth-order valence-electron chi connectivity index (χ4n) is 2.36. The second-order valence-electron chi connectivity index (χ2n) is 5.08. The number of Topliss-reactive ketones (excluding diaryl/α,β-unsaturated/α-hetero) is 1.